The van der Waals surface area contributed by atoms with Crippen molar-refractivity contribution in [1.29, 1.82) is 5.26 Å². The first-order valence-electron chi connectivity index (χ1n) is 5.68. The number of anilines is 1. The zero-order chi connectivity index (χ0) is 12.0. The Morgan fingerprint density at radius 2 is 2.38 bits per heavy atom. The molecule has 4 nitrogen and oxygen atoms in total. The number of hydrogen-bond acceptors (Lipinski definition) is 3. The molecule has 2 atom stereocenters. The summed E-state index contributed by atoms with van der Waals surface area (Å²) in [5.74, 6) is -0.0892. The maximum Gasteiger partial charge on any atom is 0.236 e. The second-order valence-electron chi connectivity index (χ2n) is 4.27. The molecule has 2 aliphatic heterocycles. The Hall–Kier alpha value is -1.86. The van der Waals surface area contributed by atoms with E-state index < -0.39 is 11.5 Å². The van der Waals surface area contributed by atoms with Crippen molar-refractivity contribution >= 4 is 11.6 Å². The summed E-state index contributed by atoms with van der Waals surface area (Å²) in [6, 6.07) is 9.08. The number of amides is 1. The topological polar surface area (TPSA) is 64.9 Å². The van der Waals surface area contributed by atoms with Crippen LogP contribution in [0.25, 0.3) is 0 Å². The maximum absolute atomic E-state index is 12.1. The minimum Gasteiger partial charge on any atom is -0.325 e. The predicted octanol–water partition coefficient (Wildman–Crippen LogP) is 0.762. The van der Waals surface area contributed by atoms with Crippen LogP contribution in [-0.2, 0) is 10.2 Å². The highest BCUT2D eigenvalue weighted by molar-refractivity contribution is 6.06. The average Bonchev–Trinajstić information content (AvgIpc) is 2.80. The first-order chi connectivity index (χ1) is 8.17. The number of nitrogens with one attached hydrogen (secondary N) is 2. The molecule has 1 fully saturated rings. The Balaban J connectivity index is 2.10. The molecule has 0 radical (unpaired) electrons. The van der Waals surface area contributed by atoms with Gasteiger partial charge in [0.1, 0.15) is 1.41 Å². The zero-order valence-electron chi connectivity index (χ0n) is 9.60. The van der Waals surface area contributed by atoms with E-state index in [-0.39, 0.29) is 12.5 Å². The van der Waals surface area contributed by atoms with Crippen LogP contribution in [0, 0.1) is 11.3 Å². The molecule has 0 aromatic heterocycles. The zero-order valence-corrected chi connectivity index (χ0v) is 8.60. The molecule has 1 amide bonds. The molecule has 3 rings (SSSR count). The van der Waals surface area contributed by atoms with Gasteiger partial charge in [-0.2, -0.15) is 5.26 Å². The Kier molecular flexibility index (Phi) is 1.59. The highest BCUT2D eigenvalue weighted by Crippen LogP contribution is 2.42. The number of carbonyl (C=O) groups excluding carboxylic acids is 1. The third-order valence-electron chi connectivity index (χ3n) is 3.40. The lowest BCUT2D eigenvalue weighted by molar-refractivity contribution is -0.120. The van der Waals surface area contributed by atoms with E-state index >= 15 is 0 Å². The van der Waals surface area contributed by atoms with Crippen LogP contribution >= 0.6 is 0 Å². The molecule has 16 heavy (non-hydrogen) atoms. The lowest BCUT2D eigenvalue weighted by atomic mass is 9.80. The Morgan fingerprint density at radius 3 is 3.12 bits per heavy atom. The highest BCUT2D eigenvalue weighted by atomic mass is 16.2. The van der Waals surface area contributed by atoms with Gasteiger partial charge in [-0.25, -0.2) is 0 Å². The number of hydrogen-bond donors (Lipinski definition) is 2. The molecule has 80 valence electrons. The summed E-state index contributed by atoms with van der Waals surface area (Å²) in [4.78, 5) is 12.1. The molecule has 0 unspecified atom stereocenters. The fourth-order valence-electron chi connectivity index (χ4n) is 2.54. The van der Waals surface area contributed by atoms with Gasteiger partial charge >= 0.3 is 0 Å². The molecule has 0 saturated carbocycles. The third-order valence-corrected chi connectivity index (χ3v) is 3.40. The van der Waals surface area contributed by atoms with Gasteiger partial charge in [0.2, 0.25) is 5.91 Å². The molecule has 2 aliphatic rings. The molecule has 0 bridgehead atoms. The fraction of sp³-hybridized carbons (Fsp3) is 0.333. The molecule has 2 N–H and O–H groups in total. The Bertz CT molecular complexity index is 539. The van der Waals surface area contributed by atoms with E-state index in [0.29, 0.717) is 6.42 Å². The van der Waals surface area contributed by atoms with E-state index in [1.807, 2.05) is 24.3 Å². The molecule has 1 saturated heterocycles. The number of nitrogens with zero attached hydrogens (tertiary/aromatic N) is 1. The van der Waals surface area contributed by atoms with Crippen LogP contribution in [0.5, 0.6) is 0 Å². The first-order valence-corrected chi connectivity index (χ1v) is 5.23. The summed E-state index contributed by atoms with van der Waals surface area (Å²) in [7, 11) is 0. The lowest BCUT2D eigenvalue weighted by Crippen LogP contribution is -2.36. The number of rotatable bonds is 0. The van der Waals surface area contributed by atoms with Crippen LogP contribution in [0.1, 0.15) is 12.0 Å². The van der Waals surface area contributed by atoms with Gasteiger partial charge < -0.3 is 10.6 Å². The van der Waals surface area contributed by atoms with Gasteiger partial charge in [-0.15, -0.1) is 0 Å². The van der Waals surface area contributed by atoms with Crippen LogP contribution in [0.3, 0.4) is 0 Å². The van der Waals surface area contributed by atoms with Crippen molar-refractivity contribution in [2.24, 2.45) is 0 Å². The highest BCUT2D eigenvalue weighted by Gasteiger charge is 2.51. The van der Waals surface area contributed by atoms with Crippen molar-refractivity contribution in [3.63, 3.8) is 0 Å². The molecule has 1 aromatic carbocycles. The quantitative estimate of drug-likeness (QED) is 0.670. The van der Waals surface area contributed by atoms with Crippen LogP contribution < -0.4 is 10.6 Å². The summed E-state index contributed by atoms with van der Waals surface area (Å²) >= 11 is 0. The second kappa shape index (κ2) is 3.06. The Labute approximate surface area is 94.7 Å². The monoisotopic (exact) mass is 214 g/mol. The average molecular weight is 214 g/mol. The lowest BCUT2D eigenvalue weighted by Gasteiger charge is -2.19. The number of fused-ring (bicyclic) bond motifs is 2. The van der Waals surface area contributed by atoms with Gasteiger partial charge in [0.15, 0.2) is 0 Å². The molecule has 0 aliphatic carbocycles. The van der Waals surface area contributed by atoms with Crippen LogP contribution in [0.2, 0.25) is 1.41 Å². The van der Waals surface area contributed by atoms with E-state index in [1.54, 1.807) is 0 Å². The molecule has 4 heteroatoms. The van der Waals surface area contributed by atoms with Crippen molar-refractivity contribution in [2.75, 3.05) is 11.9 Å². The van der Waals surface area contributed by atoms with Gasteiger partial charge in [0.25, 0.3) is 0 Å². The largest absolute Gasteiger partial charge is 0.325 e. The molecule has 2 heterocycles. The molecular weight excluding hydrogens is 202 g/mol. The minimum atomic E-state index is -0.710. The summed E-state index contributed by atoms with van der Waals surface area (Å²) in [5, 5.41) is 13.0. The number of benzene rings is 1. The van der Waals surface area contributed by atoms with Gasteiger partial charge in [0.05, 0.1) is 17.5 Å². The minimum absolute atomic E-state index is 0.0892. The van der Waals surface area contributed by atoms with Gasteiger partial charge in [-0.3, -0.25) is 4.79 Å². The maximum atomic E-state index is 12.1. The van der Waals surface area contributed by atoms with Crippen molar-refractivity contribution < 1.29 is 6.21 Å². The fourth-order valence-corrected chi connectivity index (χ4v) is 2.54. The van der Waals surface area contributed by atoms with E-state index in [9.17, 15) is 4.79 Å². The Morgan fingerprint density at radius 1 is 1.56 bits per heavy atom. The van der Waals surface area contributed by atoms with Crippen LogP contribution in [0.15, 0.2) is 24.3 Å². The number of para-hydroxylation sites is 1. The van der Waals surface area contributed by atoms with Gasteiger partial charge in [-0.1, -0.05) is 18.2 Å². The first kappa shape index (κ1) is 8.31. The summed E-state index contributed by atoms with van der Waals surface area (Å²) in [6.45, 7) is 0.286. The predicted molar refractivity (Wildman–Crippen MR) is 58.8 cm³/mol. The van der Waals surface area contributed by atoms with Crippen LogP contribution in [0.4, 0.5) is 5.69 Å². The number of carbonyl (C=O) groups is 1. The third kappa shape index (κ3) is 1.04. The van der Waals surface area contributed by atoms with E-state index in [4.69, 9.17) is 6.67 Å². The summed E-state index contributed by atoms with van der Waals surface area (Å²) in [6.07, 6.45) is 0.399. The smallest absolute Gasteiger partial charge is 0.236 e. The van der Waals surface area contributed by atoms with Crippen molar-refractivity contribution in [1.82, 2.24) is 5.31 Å². The van der Waals surface area contributed by atoms with Crippen molar-refractivity contribution in [3.05, 3.63) is 29.8 Å². The van der Waals surface area contributed by atoms with Gasteiger partial charge in [-0.05, 0) is 18.1 Å². The molecular formula is C12H11N3O. The van der Waals surface area contributed by atoms with Crippen LogP contribution in [-0.4, -0.2) is 18.5 Å². The van der Waals surface area contributed by atoms with E-state index in [1.165, 1.54) is 5.31 Å². The summed E-state index contributed by atoms with van der Waals surface area (Å²) < 4.78 is 7.74. The SMILES string of the molecule is [2H]N1C[C@]2(C[C@H]1C#N)C(=O)Nc1ccccc12. The van der Waals surface area contributed by atoms with Crippen molar-refractivity contribution in [3.8, 4) is 6.07 Å². The summed E-state index contributed by atoms with van der Waals surface area (Å²) in [5.41, 5.74) is 1.02. The second-order valence-corrected chi connectivity index (χ2v) is 4.27. The standard InChI is InChI=1S/C12H11N3O/c13-6-8-5-12(7-14-8)9-3-1-2-4-10(9)15-11(12)16/h1-4,8,14H,5,7H2,(H,15,16)/t8-,12-/m0/s1/i/hD. The normalized spacial score (nSPS) is 33.3. The van der Waals surface area contributed by atoms with Crippen molar-refractivity contribution in [2.45, 2.75) is 17.9 Å². The van der Waals surface area contributed by atoms with E-state index in [0.717, 1.165) is 11.3 Å². The van der Waals surface area contributed by atoms with E-state index in [2.05, 4.69) is 11.4 Å². The van der Waals surface area contributed by atoms with Gasteiger partial charge in [0, 0.05) is 12.2 Å². The number of nitriles is 1. The molecule has 1 spiro atoms. The molecule has 1 aromatic rings.